The van der Waals surface area contributed by atoms with Crippen molar-refractivity contribution in [2.24, 2.45) is 0 Å². The van der Waals surface area contributed by atoms with Crippen molar-refractivity contribution in [3.05, 3.63) is 70.3 Å². The first-order chi connectivity index (χ1) is 9.96. The minimum atomic E-state index is -4.03. The topological polar surface area (TPSA) is 66.4 Å². The van der Waals surface area contributed by atoms with Crippen molar-refractivity contribution < 1.29 is 69.6 Å². The molecule has 0 saturated carbocycles. The maximum absolute atomic E-state index is 12.5. The molecule has 0 spiro atoms. The van der Waals surface area contributed by atoms with Gasteiger partial charge in [-0.3, -0.25) is 0 Å². The second kappa shape index (κ2) is 8.49. The van der Waals surface area contributed by atoms with Gasteiger partial charge in [0.05, 0.1) is 12.0 Å². The number of ether oxygens (including phenoxy) is 1. The van der Waals surface area contributed by atoms with E-state index in [1.165, 1.54) is 36.4 Å². The Morgan fingerprint density at radius 3 is 2.09 bits per heavy atom. The van der Waals surface area contributed by atoms with E-state index < -0.39 is 20.7 Å². The Kier molecular flexibility index (Phi) is 7.61. The number of halogens is 1. The Balaban J connectivity index is 0.00000242. The minimum absolute atomic E-state index is 0. The van der Waals surface area contributed by atoms with Gasteiger partial charge in [0.2, 0.25) is 14.9 Å². The molecule has 0 aliphatic heterocycles. The third-order valence-corrected chi connectivity index (χ3v) is 4.76. The zero-order chi connectivity index (χ0) is 15.5. The summed E-state index contributed by atoms with van der Waals surface area (Å²) in [5.41, 5.74) is 0.242. The number of rotatable bonds is 4. The zero-order valence-corrected chi connectivity index (χ0v) is 16.8. The fourth-order valence-electron chi connectivity index (χ4n) is 1.75. The van der Waals surface area contributed by atoms with Crippen LogP contribution in [0, 0.1) is 0 Å². The third-order valence-electron chi connectivity index (χ3n) is 2.77. The smallest absolute Gasteiger partial charge is 0.869 e. The van der Waals surface area contributed by atoms with Crippen LogP contribution in [0.5, 0.6) is 0 Å². The number of methoxy groups -OCH3 is 1. The van der Waals surface area contributed by atoms with E-state index in [9.17, 15) is 13.5 Å². The first kappa shape index (κ1) is 19.7. The summed E-state index contributed by atoms with van der Waals surface area (Å²) in [6.45, 7) is 0. The molecule has 0 fully saturated rings. The standard InChI is InChI=1S/C15H13ClO4S.K/c1-20-15(14(17)11-5-3-2-4-6-11)21(18,19)13-9-7-12(16)8-10-13;/h2-10,17H,1H3;/q;+1/p-1/b15-14-;. The van der Waals surface area contributed by atoms with Crippen molar-refractivity contribution in [2.45, 2.75) is 4.90 Å². The van der Waals surface area contributed by atoms with Gasteiger partial charge in [0.15, 0.2) is 0 Å². The molecule has 0 saturated heterocycles. The van der Waals surface area contributed by atoms with E-state index >= 15 is 0 Å². The van der Waals surface area contributed by atoms with Gasteiger partial charge in [-0.05, 0) is 35.6 Å². The van der Waals surface area contributed by atoms with Crippen molar-refractivity contribution in [1.29, 1.82) is 0 Å². The van der Waals surface area contributed by atoms with Crippen molar-refractivity contribution in [1.82, 2.24) is 0 Å². The summed E-state index contributed by atoms with van der Waals surface area (Å²) in [7, 11) is -2.87. The van der Waals surface area contributed by atoms with Gasteiger partial charge in [0.25, 0.3) is 0 Å². The van der Waals surface area contributed by atoms with Gasteiger partial charge in [0.1, 0.15) is 0 Å². The van der Waals surface area contributed by atoms with Gasteiger partial charge in [-0.15, -0.1) is 0 Å². The first-order valence-electron chi connectivity index (χ1n) is 5.98. The quantitative estimate of drug-likeness (QED) is 0.541. The molecule has 0 amide bonds. The monoisotopic (exact) mass is 362 g/mol. The molecule has 7 heteroatoms. The number of hydrogen-bond donors (Lipinski definition) is 0. The molecule has 0 radical (unpaired) electrons. The normalized spacial score (nSPS) is 12.1. The Hall–Kier alpha value is -0.344. The third kappa shape index (κ3) is 4.35. The predicted molar refractivity (Wildman–Crippen MR) is 79.0 cm³/mol. The second-order valence-corrected chi connectivity index (χ2v) is 6.43. The van der Waals surface area contributed by atoms with E-state index in [0.717, 1.165) is 7.11 Å². The fraction of sp³-hybridized carbons (Fsp3) is 0.0667. The summed E-state index contributed by atoms with van der Waals surface area (Å²) < 4.78 is 29.8. The summed E-state index contributed by atoms with van der Waals surface area (Å²) in [5.74, 6) is -0.687. The molecule has 0 atom stereocenters. The van der Waals surface area contributed by atoms with Crippen LogP contribution in [0.1, 0.15) is 5.56 Å². The Labute approximate surface area is 177 Å². The van der Waals surface area contributed by atoms with Gasteiger partial charge in [-0.1, -0.05) is 41.9 Å². The molecular formula is C15H12ClKO4S. The number of benzene rings is 2. The average molecular weight is 363 g/mol. The Morgan fingerprint density at radius 1 is 1.05 bits per heavy atom. The molecule has 0 unspecified atom stereocenters. The zero-order valence-electron chi connectivity index (χ0n) is 12.1. The molecule has 2 rings (SSSR count). The van der Waals surface area contributed by atoms with E-state index in [1.54, 1.807) is 18.2 Å². The van der Waals surface area contributed by atoms with Crippen LogP contribution < -0.4 is 56.5 Å². The first-order valence-corrected chi connectivity index (χ1v) is 7.84. The van der Waals surface area contributed by atoms with Crippen LogP contribution in [0.25, 0.3) is 5.76 Å². The molecule has 2 aromatic rings. The van der Waals surface area contributed by atoms with Crippen molar-refractivity contribution in [2.75, 3.05) is 7.11 Å². The SMILES string of the molecule is CO/C(=C(/[O-])c1ccccc1)S(=O)(=O)c1ccc(Cl)cc1.[K+]. The predicted octanol–water partition coefficient (Wildman–Crippen LogP) is -0.549. The maximum atomic E-state index is 12.5. The molecule has 4 nitrogen and oxygen atoms in total. The van der Waals surface area contributed by atoms with E-state index in [1.807, 2.05) is 0 Å². The van der Waals surface area contributed by atoms with Gasteiger partial charge in [-0.25, -0.2) is 8.42 Å². The van der Waals surface area contributed by atoms with Gasteiger partial charge in [-0.2, -0.15) is 0 Å². The van der Waals surface area contributed by atoms with Gasteiger partial charge < -0.3 is 9.84 Å². The van der Waals surface area contributed by atoms with Crippen LogP contribution in [0.15, 0.2) is 64.6 Å². The molecule has 0 heterocycles. The summed E-state index contributed by atoms with van der Waals surface area (Å²) in [6, 6.07) is 13.6. The van der Waals surface area contributed by atoms with Crippen LogP contribution in [-0.4, -0.2) is 15.5 Å². The Morgan fingerprint density at radius 2 is 1.59 bits per heavy atom. The van der Waals surface area contributed by atoms with Gasteiger partial charge >= 0.3 is 51.4 Å². The maximum Gasteiger partial charge on any atom is 1.00 e. The minimum Gasteiger partial charge on any atom is -0.869 e. The molecule has 0 bridgehead atoms. The summed E-state index contributed by atoms with van der Waals surface area (Å²) >= 11 is 5.73. The second-order valence-electron chi connectivity index (χ2n) is 4.14. The molecule has 0 N–H and O–H groups in total. The van der Waals surface area contributed by atoms with Crippen LogP contribution >= 0.6 is 11.6 Å². The fourth-order valence-corrected chi connectivity index (χ4v) is 3.17. The molecular weight excluding hydrogens is 351 g/mol. The van der Waals surface area contributed by atoms with E-state index in [-0.39, 0.29) is 61.8 Å². The molecule has 0 aliphatic rings. The Bertz CT molecular complexity index is 756. The summed E-state index contributed by atoms with van der Waals surface area (Å²) in [4.78, 5) is -0.0481. The summed E-state index contributed by atoms with van der Waals surface area (Å²) in [6.07, 6.45) is 0. The van der Waals surface area contributed by atoms with Crippen LogP contribution in [0.3, 0.4) is 0 Å². The summed E-state index contributed by atoms with van der Waals surface area (Å²) in [5, 5.41) is 12.1. The van der Waals surface area contributed by atoms with E-state index in [2.05, 4.69) is 0 Å². The average Bonchev–Trinajstić information content (AvgIpc) is 2.49. The van der Waals surface area contributed by atoms with Crippen molar-refractivity contribution in [3.63, 3.8) is 0 Å². The molecule has 2 aromatic carbocycles. The van der Waals surface area contributed by atoms with Crippen LogP contribution in [-0.2, 0) is 14.6 Å². The largest absolute Gasteiger partial charge is 1.00 e. The van der Waals surface area contributed by atoms with E-state index in [0.29, 0.717) is 5.02 Å². The van der Waals surface area contributed by atoms with Crippen LogP contribution in [0.4, 0.5) is 0 Å². The van der Waals surface area contributed by atoms with Crippen molar-refractivity contribution in [3.8, 4) is 0 Å². The molecule has 0 aliphatic carbocycles. The number of sulfone groups is 1. The van der Waals surface area contributed by atoms with Crippen LogP contribution in [0.2, 0.25) is 5.02 Å². The van der Waals surface area contributed by atoms with Crippen molar-refractivity contribution >= 4 is 27.2 Å². The van der Waals surface area contributed by atoms with Gasteiger partial charge in [0, 0.05) is 5.02 Å². The van der Waals surface area contributed by atoms with E-state index in [4.69, 9.17) is 16.3 Å². The molecule has 110 valence electrons. The number of hydrogen-bond acceptors (Lipinski definition) is 4. The molecule has 0 aromatic heterocycles. The molecule has 22 heavy (non-hydrogen) atoms.